The summed E-state index contributed by atoms with van der Waals surface area (Å²) >= 11 is 5.95. The van der Waals surface area contributed by atoms with Crippen molar-refractivity contribution in [3.05, 3.63) is 88.6 Å². The van der Waals surface area contributed by atoms with Crippen LogP contribution in [0, 0.1) is 11.6 Å². The third-order valence-corrected chi connectivity index (χ3v) is 4.02. The van der Waals surface area contributed by atoms with E-state index >= 15 is 0 Å². The molecule has 1 amide bonds. The highest BCUT2D eigenvalue weighted by atomic mass is 35.5. The first-order valence-corrected chi connectivity index (χ1v) is 8.46. The van der Waals surface area contributed by atoms with Gasteiger partial charge in [-0.1, -0.05) is 41.9 Å². The fourth-order valence-corrected chi connectivity index (χ4v) is 2.59. The number of hydrogen-bond donors (Lipinski definition) is 1. The molecular weight excluding hydrogens is 374 g/mol. The van der Waals surface area contributed by atoms with Crippen molar-refractivity contribution >= 4 is 17.5 Å². The van der Waals surface area contributed by atoms with Gasteiger partial charge in [0.25, 0.3) is 5.91 Å². The van der Waals surface area contributed by atoms with Gasteiger partial charge in [0.2, 0.25) is 5.88 Å². The zero-order valence-electron chi connectivity index (χ0n) is 14.2. The number of carbonyl (C=O) groups excluding carboxylic acids is 1. The second-order valence-electron chi connectivity index (χ2n) is 5.79. The monoisotopic (exact) mass is 388 g/mol. The van der Waals surface area contributed by atoms with Crippen LogP contribution in [-0.2, 0) is 0 Å². The Kier molecular flexibility index (Phi) is 5.66. The van der Waals surface area contributed by atoms with E-state index in [4.69, 9.17) is 16.3 Å². The summed E-state index contributed by atoms with van der Waals surface area (Å²) in [5.41, 5.74) is 0.946. The van der Waals surface area contributed by atoms with Crippen molar-refractivity contribution in [2.24, 2.45) is 0 Å². The van der Waals surface area contributed by atoms with Gasteiger partial charge in [-0.25, -0.2) is 13.8 Å². The van der Waals surface area contributed by atoms with Crippen molar-refractivity contribution in [3.63, 3.8) is 0 Å². The Morgan fingerprint density at radius 2 is 1.89 bits per heavy atom. The van der Waals surface area contributed by atoms with Crippen LogP contribution in [0.1, 0.15) is 28.9 Å². The highest BCUT2D eigenvalue weighted by molar-refractivity contribution is 6.30. The molecule has 0 unspecified atom stereocenters. The number of halogens is 3. The van der Waals surface area contributed by atoms with Gasteiger partial charge in [-0.3, -0.25) is 4.79 Å². The zero-order valence-corrected chi connectivity index (χ0v) is 15.0. The third kappa shape index (κ3) is 4.60. The fourth-order valence-electron chi connectivity index (χ4n) is 2.43. The molecular formula is C20H15ClF2N2O2. The molecule has 4 nitrogen and oxygen atoms in total. The lowest BCUT2D eigenvalue weighted by molar-refractivity contribution is 0.0936. The number of amides is 1. The van der Waals surface area contributed by atoms with E-state index in [0.717, 1.165) is 17.7 Å². The largest absolute Gasteiger partial charge is 0.435 e. The standard InChI is InChI=1S/C20H15ClF2N2O2/c1-12(13-5-3-2-4-6-13)25-19(26)16-9-14(21)11-24-20(16)27-18-8-7-15(22)10-17(18)23/h2-12H,1H3,(H,25,26)/t12-/m0/s1. The molecule has 1 aromatic heterocycles. The van der Waals surface area contributed by atoms with E-state index in [1.165, 1.54) is 12.3 Å². The van der Waals surface area contributed by atoms with E-state index in [-0.39, 0.29) is 28.3 Å². The molecule has 27 heavy (non-hydrogen) atoms. The Morgan fingerprint density at radius 3 is 2.59 bits per heavy atom. The lowest BCUT2D eigenvalue weighted by Crippen LogP contribution is -2.27. The van der Waals surface area contributed by atoms with Crippen molar-refractivity contribution in [2.75, 3.05) is 0 Å². The number of pyridine rings is 1. The predicted octanol–water partition coefficient (Wildman–Crippen LogP) is 5.30. The molecule has 0 saturated carbocycles. The molecule has 1 N–H and O–H groups in total. The molecule has 3 aromatic rings. The van der Waals surface area contributed by atoms with Crippen LogP contribution in [0.25, 0.3) is 0 Å². The van der Waals surface area contributed by atoms with Crippen LogP contribution in [0.3, 0.4) is 0 Å². The minimum Gasteiger partial charge on any atom is -0.435 e. The maximum absolute atomic E-state index is 13.9. The molecule has 3 rings (SSSR count). The Morgan fingerprint density at radius 1 is 1.15 bits per heavy atom. The molecule has 0 bridgehead atoms. The topological polar surface area (TPSA) is 51.2 Å². The van der Waals surface area contributed by atoms with E-state index in [1.807, 2.05) is 37.3 Å². The van der Waals surface area contributed by atoms with Crippen LogP contribution in [-0.4, -0.2) is 10.9 Å². The zero-order chi connectivity index (χ0) is 19.4. The smallest absolute Gasteiger partial charge is 0.257 e. The lowest BCUT2D eigenvalue weighted by atomic mass is 10.1. The van der Waals surface area contributed by atoms with Crippen LogP contribution in [0.4, 0.5) is 8.78 Å². The first-order chi connectivity index (χ1) is 12.9. The molecule has 0 radical (unpaired) electrons. The molecule has 0 spiro atoms. The summed E-state index contributed by atoms with van der Waals surface area (Å²) in [7, 11) is 0. The maximum Gasteiger partial charge on any atom is 0.257 e. The minimum absolute atomic E-state index is 0.0361. The summed E-state index contributed by atoms with van der Waals surface area (Å²) in [6, 6.07) is 13.3. The summed E-state index contributed by atoms with van der Waals surface area (Å²) in [4.78, 5) is 16.6. The van der Waals surface area contributed by atoms with Gasteiger partial charge in [0.1, 0.15) is 11.4 Å². The molecule has 0 aliphatic heterocycles. The van der Waals surface area contributed by atoms with Gasteiger partial charge in [-0.15, -0.1) is 0 Å². The molecule has 7 heteroatoms. The molecule has 1 heterocycles. The Labute approximate surface area is 159 Å². The average Bonchev–Trinajstić information content (AvgIpc) is 2.65. The summed E-state index contributed by atoms with van der Waals surface area (Å²) < 4.78 is 32.3. The normalized spacial score (nSPS) is 11.7. The van der Waals surface area contributed by atoms with E-state index in [9.17, 15) is 13.6 Å². The summed E-state index contributed by atoms with van der Waals surface area (Å²) in [6.45, 7) is 1.82. The van der Waals surface area contributed by atoms with Gasteiger partial charge < -0.3 is 10.1 Å². The first kappa shape index (κ1) is 18.8. The second-order valence-corrected chi connectivity index (χ2v) is 6.23. The second kappa shape index (κ2) is 8.14. The molecule has 0 aliphatic carbocycles. The van der Waals surface area contributed by atoms with Gasteiger partial charge in [0.05, 0.1) is 11.1 Å². The lowest BCUT2D eigenvalue weighted by Gasteiger charge is -2.16. The van der Waals surface area contributed by atoms with Crippen molar-refractivity contribution in [3.8, 4) is 11.6 Å². The number of aromatic nitrogens is 1. The molecule has 138 valence electrons. The van der Waals surface area contributed by atoms with Gasteiger partial charge >= 0.3 is 0 Å². The summed E-state index contributed by atoms with van der Waals surface area (Å²) in [5, 5.41) is 3.04. The molecule has 0 aliphatic rings. The highest BCUT2D eigenvalue weighted by Gasteiger charge is 2.19. The number of nitrogens with zero attached hydrogens (tertiary/aromatic N) is 1. The van der Waals surface area contributed by atoms with Gasteiger partial charge in [0.15, 0.2) is 11.6 Å². The number of carbonyl (C=O) groups is 1. The van der Waals surface area contributed by atoms with E-state index in [2.05, 4.69) is 10.3 Å². The number of nitrogens with one attached hydrogen (secondary N) is 1. The summed E-state index contributed by atoms with van der Waals surface area (Å²) in [5.74, 6) is -2.52. The quantitative estimate of drug-likeness (QED) is 0.645. The SMILES string of the molecule is C[C@H](NC(=O)c1cc(Cl)cnc1Oc1ccc(F)cc1F)c1ccccc1. The van der Waals surface area contributed by atoms with E-state index < -0.39 is 17.5 Å². The third-order valence-electron chi connectivity index (χ3n) is 3.81. The van der Waals surface area contributed by atoms with Crippen molar-refractivity contribution < 1.29 is 18.3 Å². The molecule has 0 saturated heterocycles. The summed E-state index contributed by atoms with van der Waals surface area (Å²) in [6.07, 6.45) is 1.27. The number of hydrogen-bond acceptors (Lipinski definition) is 3. The van der Waals surface area contributed by atoms with Crippen LogP contribution in [0.15, 0.2) is 60.8 Å². The number of rotatable bonds is 5. The molecule has 2 aromatic carbocycles. The van der Waals surface area contributed by atoms with Crippen molar-refractivity contribution in [2.45, 2.75) is 13.0 Å². The van der Waals surface area contributed by atoms with Crippen molar-refractivity contribution in [1.82, 2.24) is 10.3 Å². The highest BCUT2D eigenvalue weighted by Crippen LogP contribution is 2.28. The Bertz CT molecular complexity index is 967. The Hall–Kier alpha value is -2.99. The average molecular weight is 389 g/mol. The predicted molar refractivity (Wildman–Crippen MR) is 98.0 cm³/mol. The van der Waals surface area contributed by atoms with Gasteiger partial charge in [0, 0.05) is 12.3 Å². The maximum atomic E-state index is 13.9. The number of ether oxygens (including phenoxy) is 1. The molecule has 1 atom stereocenters. The van der Waals surface area contributed by atoms with E-state index in [1.54, 1.807) is 0 Å². The van der Waals surface area contributed by atoms with Crippen LogP contribution in [0.5, 0.6) is 11.6 Å². The first-order valence-electron chi connectivity index (χ1n) is 8.08. The minimum atomic E-state index is -0.907. The van der Waals surface area contributed by atoms with E-state index in [0.29, 0.717) is 6.07 Å². The van der Waals surface area contributed by atoms with Gasteiger partial charge in [-0.05, 0) is 30.7 Å². The molecule has 0 fully saturated rings. The van der Waals surface area contributed by atoms with Crippen LogP contribution in [0.2, 0.25) is 5.02 Å². The van der Waals surface area contributed by atoms with Gasteiger partial charge in [-0.2, -0.15) is 0 Å². The van der Waals surface area contributed by atoms with Crippen LogP contribution >= 0.6 is 11.6 Å². The number of benzene rings is 2. The van der Waals surface area contributed by atoms with Crippen molar-refractivity contribution in [1.29, 1.82) is 0 Å². The Balaban J connectivity index is 1.86. The fraction of sp³-hybridized carbons (Fsp3) is 0.100. The van der Waals surface area contributed by atoms with Crippen LogP contribution < -0.4 is 10.1 Å².